The normalized spacial score (nSPS) is 12.3. The molecule has 1 amide bonds. The Morgan fingerprint density at radius 1 is 1.25 bits per heavy atom. The van der Waals surface area contributed by atoms with Crippen LogP contribution in [0.1, 0.15) is 64.5 Å². The highest BCUT2D eigenvalue weighted by atomic mass is 32.1. The van der Waals surface area contributed by atoms with E-state index in [1.54, 1.807) is 6.20 Å². The molecule has 0 aliphatic heterocycles. The molecule has 6 N–H and O–H groups in total. The van der Waals surface area contributed by atoms with Gasteiger partial charge in [0.2, 0.25) is 5.95 Å². The van der Waals surface area contributed by atoms with Crippen LogP contribution in [0.3, 0.4) is 0 Å². The van der Waals surface area contributed by atoms with Crippen LogP contribution in [0.25, 0.3) is 11.0 Å². The molecule has 0 aromatic carbocycles. The van der Waals surface area contributed by atoms with Crippen LogP contribution in [0.5, 0.6) is 0 Å². The molecular formula is C20H25N9O2S. The van der Waals surface area contributed by atoms with Crippen LogP contribution in [-0.2, 0) is 6.42 Å². The average molecular weight is 456 g/mol. The molecule has 1 unspecified atom stereocenters. The number of aromatic nitrogens is 7. The molecule has 0 spiro atoms. The highest BCUT2D eigenvalue weighted by Crippen LogP contribution is 2.32. The molecule has 1 atom stereocenters. The average Bonchev–Trinajstić information content (AvgIpc) is 3.52. The number of tetrazole rings is 1. The summed E-state index contributed by atoms with van der Waals surface area (Å²) in [6.45, 7) is 2.63. The number of H-pyrrole nitrogens is 3. The molecular weight excluding hydrogens is 430 g/mol. The zero-order valence-corrected chi connectivity index (χ0v) is 18.5. The summed E-state index contributed by atoms with van der Waals surface area (Å²) in [5.41, 5.74) is 6.62. The van der Waals surface area contributed by atoms with Gasteiger partial charge in [0.1, 0.15) is 5.65 Å². The maximum Gasteiger partial charge on any atom is 0.262 e. The minimum absolute atomic E-state index is 0.0685. The van der Waals surface area contributed by atoms with Gasteiger partial charge in [-0.15, -0.1) is 21.5 Å². The van der Waals surface area contributed by atoms with Crippen LogP contribution in [0, 0.1) is 0 Å². The zero-order valence-electron chi connectivity index (χ0n) is 17.6. The molecule has 4 aromatic rings. The van der Waals surface area contributed by atoms with Gasteiger partial charge in [0, 0.05) is 30.0 Å². The number of anilines is 1. The van der Waals surface area contributed by atoms with Crippen molar-refractivity contribution < 1.29 is 4.79 Å². The second kappa shape index (κ2) is 9.73. The van der Waals surface area contributed by atoms with Crippen molar-refractivity contribution in [1.29, 1.82) is 0 Å². The number of aromatic amines is 3. The van der Waals surface area contributed by atoms with Gasteiger partial charge in [-0.3, -0.25) is 14.6 Å². The number of unbranched alkanes of at least 4 members (excludes halogenated alkanes) is 3. The number of hydrogen-bond acceptors (Lipinski definition) is 8. The van der Waals surface area contributed by atoms with Crippen LogP contribution in [-0.4, -0.2) is 48.0 Å². The van der Waals surface area contributed by atoms with Gasteiger partial charge >= 0.3 is 0 Å². The number of nitrogens with one attached hydrogen (secondary N) is 4. The number of rotatable bonds is 10. The van der Waals surface area contributed by atoms with E-state index in [1.807, 2.05) is 19.1 Å². The van der Waals surface area contributed by atoms with Gasteiger partial charge in [-0.25, -0.2) is 0 Å². The molecule has 0 aliphatic carbocycles. The Kier molecular flexibility index (Phi) is 6.59. The fourth-order valence-corrected chi connectivity index (χ4v) is 4.62. The van der Waals surface area contributed by atoms with E-state index in [-0.39, 0.29) is 23.3 Å². The van der Waals surface area contributed by atoms with Gasteiger partial charge in [-0.1, -0.05) is 25.0 Å². The summed E-state index contributed by atoms with van der Waals surface area (Å²) in [4.78, 5) is 36.2. The first-order valence-electron chi connectivity index (χ1n) is 10.5. The van der Waals surface area contributed by atoms with Gasteiger partial charge in [-0.2, -0.15) is 10.2 Å². The number of carbonyl (C=O) groups excluding carboxylic acids is 1. The second-order valence-corrected chi connectivity index (χ2v) is 8.71. The maximum absolute atomic E-state index is 12.5. The number of nitrogens with two attached hydrogens (primary N) is 1. The predicted molar refractivity (Wildman–Crippen MR) is 122 cm³/mol. The lowest BCUT2D eigenvalue weighted by atomic mass is 10.0. The molecule has 168 valence electrons. The highest BCUT2D eigenvalue weighted by Gasteiger charge is 2.20. The third kappa shape index (κ3) is 4.85. The number of amides is 1. The van der Waals surface area contributed by atoms with Crippen molar-refractivity contribution in [2.24, 2.45) is 0 Å². The first-order chi connectivity index (χ1) is 15.5. The standard InChI is InChI=1S/C20H25N9O2S/c1-11(12-10-23-17-16(12)19(31)25-20(21)24-17)13-7-8-14(32-13)18(30)22-9-5-3-2-4-6-15-26-28-29-27-15/h7-8,10-11H,2-6,9H2,1H3,(H,22,30)(H,26,27,28,29)(H4,21,23,24,25,31). The highest BCUT2D eigenvalue weighted by molar-refractivity contribution is 7.14. The lowest BCUT2D eigenvalue weighted by Gasteiger charge is -2.08. The van der Waals surface area contributed by atoms with Crippen molar-refractivity contribution in [2.45, 2.75) is 44.9 Å². The monoisotopic (exact) mass is 455 g/mol. The number of thiophene rings is 1. The first kappa shape index (κ1) is 21.7. The molecule has 4 rings (SSSR count). The van der Waals surface area contributed by atoms with E-state index in [1.165, 1.54) is 11.3 Å². The third-order valence-electron chi connectivity index (χ3n) is 5.34. The lowest BCUT2D eigenvalue weighted by molar-refractivity contribution is 0.0957. The predicted octanol–water partition coefficient (Wildman–Crippen LogP) is 2.09. The van der Waals surface area contributed by atoms with Crippen molar-refractivity contribution in [3.63, 3.8) is 0 Å². The number of nitrogens with zero attached hydrogens (tertiary/aromatic N) is 4. The van der Waals surface area contributed by atoms with E-state index in [0.717, 1.165) is 48.4 Å². The van der Waals surface area contributed by atoms with Crippen LogP contribution in [0.4, 0.5) is 5.95 Å². The van der Waals surface area contributed by atoms with Crippen molar-refractivity contribution in [2.75, 3.05) is 12.3 Å². The number of fused-ring (bicyclic) bond motifs is 1. The number of aryl methyl sites for hydroxylation is 1. The summed E-state index contributed by atoms with van der Waals surface area (Å²) in [7, 11) is 0. The Hall–Kier alpha value is -3.54. The first-order valence-corrected chi connectivity index (χ1v) is 11.3. The van der Waals surface area contributed by atoms with Gasteiger partial charge in [0.25, 0.3) is 11.5 Å². The van der Waals surface area contributed by atoms with Gasteiger partial charge < -0.3 is 16.0 Å². The summed E-state index contributed by atoms with van der Waals surface area (Å²) >= 11 is 1.43. The van der Waals surface area contributed by atoms with E-state index < -0.39 is 0 Å². The third-order valence-corrected chi connectivity index (χ3v) is 6.60. The Bertz CT molecular complexity index is 1240. The number of carbonyl (C=O) groups is 1. The summed E-state index contributed by atoms with van der Waals surface area (Å²) in [5.74, 6) is 0.664. The summed E-state index contributed by atoms with van der Waals surface area (Å²) in [6, 6.07) is 3.76. The molecule has 0 aliphatic rings. The molecule has 0 saturated heterocycles. The Balaban J connectivity index is 1.28. The van der Waals surface area contributed by atoms with E-state index in [4.69, 9.17) is 5.73 Å². The van der Waals surface area contributed by atoms with Gasteiger partial charge in [0.05, 0.1) is 10.3 Å². The fraction of sp³-hybridized carbons (Fsp3) is 0.400. The Morgan fingerprint density at radius 3 is 2.91 bits per heavy atom. The van der Waals surface area contributed by atoms with Crippen molar-refractivity contribution in [3.8, 4) is 0 Å². The molecule has 4 heterocycles. The minimum atomic E-state index is -0.276. The van der Waals surface area contributed by atoms with Gasteiger partial charge in [-0.05, 0) is 30.5 Å². The van der Waals surface area contributed by atoms with Crippen LogP contribution in [0.2, 0.25) is 0 Å². The Morgan fingerprint density at radius 2 is 2.09 bits per heavy atom. The maximum atomic E-state index is 12.5. The summed E-state index contributed by atoms with van der Waals surface area (Å²) < 4.78 is 0. The van der Waals surface area contributed by atoms with E-state index >= 15 is 0 Å². The molecule has 12 heteroatoms. The number of hydrogen-bond donors (Lipinski definition) is 5. The lowest BCUT2D eigenvalue weighted by Crippen LogP contribution is -2.23. The van der Waals surface area contributed by atoms with E-state index in [2.05, 4.69) is 40.9 Å². The second-order valence-electron chi connectivity index (χ2n) is 7.59. The SMILES string of the molecule is CC(c1ccc(C(=O)NCCCCCCc2nn[nH]n2)s1)c1c[nH]c2nc(N)[nH]c(=O)c12. The van der Waals surface area contributed by atoms with Crippen molar-refractivity contribution >= 4 is 34.2 Å². The van der Waals surface area contributed by atoms with Crippen LogP contribution in [0.15, 0.2) is 23.1 Å². The van der Waals surface area contributed by atoms with E-state index in [0.29, 0.717) is 22.5 Å². The fourth-order valence-electron chi connectivity index (χ4n) is 3.62. The van der Waals surface area contributed by atoms with Crippen molar-refractivity contribution in [3.05, 3.63) is 49.8 Å². The molecule has 0 fully saturated rings. The molecule has 0 radical (unpaired) electrons. The minimum Gasteiger partial charge on any atom is -0.369 e. The van der Waals surface area contributed by atoms with Crippen LogP contribution >= 0.6 is 11.3 Å². The molecule has 4 aromatic heterocycles. The smallest absolute Gasteiger partial charge is 0.262 e. The topological polar surface area (TPSA) is 171 Å². The molecule has 0 saturated carbocycles. The van der Waals surface area contributed by atoms with Gasteiger partial charge in [0.15, 0.2) is 5.82 Å². The van der Waals surface area contributed by atoms with Crippen molar-refractivity contribution in [1.82, 2.24) is 40.9 Å². The largest absolute Gasteiger partial charge is 0.369 e. The summed E-state index contributed by atoms with van der Waals surface area (Å²) in [6.07, 6.45) is 6.58. The molecule has 11 nitrogen and oxygen atoms in total. The summed E-state index contributed by atoms with van der Waals surface area (Å²) in [5, 5.41) is 17.3. The zero-order chi connectivity index (χ0) is 22.5. The molecule has 32 heavy (non-hydrogen) atoms. The van der Waals surface area contributed by atoms with Crippen LogP contribution < -0.4 is 16.6 Å². The molecule has 0 bridgehead atoms. The van der Waals surface area contributed by atoms with E-state index in [9.17, 15) is 9.59 Å². The Labute approximate surface area is 187 Å². The quantitative estimate of drug-likeness (QED) is 0.228. The number of nitrogen functional groups attached to an aromatic ring is 1.